The fraction of sp³-hybridized carbons (Fsp3) is 0.900. The van der Waals surface area contributed by atoms with Crippen LogP contribution in [-0.4, -0.2) is 60.5 Å². The molecule has 0 radical (unpaired) electrons. The first-order valence-electron chi connectivity index (χ1n) is 10.4. The van der Waals surface area contributed by atoms with Crippen LogP contribution in [-0.2, 0) is 14.3 Å². The van der Waals surface area contributed by atoms with Crippen molar-refractivity contribution >= 4 is 11.8 Å². The normalized spacial score (nSPS) is 32.6. The van der Waals surface area contributed by atoms with E-state index in [1.54, 1.807) is 0 Å². The number of ether oxygens (including phenoxy) is 1. The predicted octanol–water partition coefficient (Wildman–Crippen LogP) is 2.59. The highest BCUT2D eigenvalue weighted by Crippen LogP contribution is 2.42. The summed E-state index contributed by atoms with van der Waals surface area (Å²) in [4.78, 5) is 30.4. The molecule has 1 spiro atoms. The van der Waals surface area contributed by atoms with Crippen LogP contribution in [0, 0.1) is 11.3 Å². The lowest BCUT2D eigenvalue weighted by Gasteiger charge is -2.44. The van der Waals surface area contributed by atoms with Gasteiger partial charge in [-0.25, -0.2) is 0 Å². The van der Waals surface area contributed by atoms with Gasteiger partial charge in [0.05, 0.1) is 5.41 Å². The van der Waals surface area contributed by atoms with Crippen LogP contribution in [0.1, 0.15) is 64.2 Å². The summed E-state index contributed by atoms with van der Waals surface area (Å²) in [7, 11) is 0. The molecule has 4 rings (SSSR count). The van der Waals surface area contributed by atoms with E-state index in [0.717, 1.165) is 45.2 Å². The third-order valence-corrected chi connectivity index (χ3v) is 7.02. The molecule has 0 aromatic rings. The third kappa shape index (κ3) is 3.32. The molecule has 5 nitrogen and oxygen atoms in total. The van der Waals surface area contributed by atoms with Crippen LogP contribution < -0.4 is 0 Å². The fourth-order valence-corrected chi connectivity index (χ4v) is 5.48. The number of nitrogens with zero attached hydrogens (tertiary/aromatic N) is 2. The van der Waals surface area contributed by atoms with Gasteiger partial charge in [-0.15, -0.1) is 0 Å². The molecule has 5 heteroatoms. The van der Waals surface area contributed by atoms with Crippen molar-refractivity contribution in [3.63, 3.8) is 0 Å². The van der Waals surface area contributed by atoms with Gasteiger partial charge < -0.3 is 14.5 Å². The first-order chi connectivity index (χ1) is 12.2. The van der Waals surface area contributed by atoms with Crippen molar-refractivity contribution in [1.29, 1.82) is 0 Å². The standard InChI is InChI=1S/C20H32N2O3/c23-18(16-7-13-25-14-8-16)21-12-10-20(15-21)9-4-11-22(19(20)24)17-5-2-1-3-6-17/h16-17H,1-15H2. The molecule has 3 aliphatic heterocycles. The van der Waals surface area contributed by atoms with Crippen molar-refractivity contribution in [2.24, 2.45) is 11.3 Å². The molecule has 4 aliphatic rings. The third-order valence-electron chi connectivity index (χ3n) is 7.02. The molecule has 2 amide bonds. The van der Waals surface area contributed by atoms with Crippen LogP contribution >= 0.6 is 0 Å². The van der Waals surface area contributed by atoms with Gasteiger partial charge in [-0.3, -0.25) is 9.59 Å². The van der Waals surface area contributed by atoms with Crippen LogP contribution in [0.5, 0.6) is 0 Å². The number of rotatable bonds is 2. The molecular formula is C20H32N2O3. The molecule has 0 bridgehead atoms. The highest BCUT2D eigenvalue weighted by Gasteiger charge is 2.51. The van der Waals surface area contributed by atoms with Crippen LogP contribution in [0.4, 0.5) is 0 Å². The van der Waals surface area contributed by atoms with Crippen molar-refractivity contribution in [2.45, 2.75) is 70.3 Å². The van der Waals surface area contributed by atoms with E-state index in [2.05, 4.69) is 4.90 Å². The van der Waals surface area contributed by atoms with Crippen LogP contribution in [0.15, 0.2) is 0 Å². The topological polar surface area (TPSA) is 49.9 Å². The summed E-state index contributed by atoms with van der Waals surface area (Å²) in [6, 6.07) is 0.457. The highest BCUT2D eigenvalue weighted by molar-refractivity contribution is 5.87. The van der Waals surface area contributed by atoms with E-state index < -0.39 is 0 Å². The minimum Gasteiger partial charge on any atom is -0.381 e. The van der Waals surface area contributed by atoms with Crippen LogP contribution in [0.2, 0.25) is 0 Å². The molecule has 1 atom stereocenters. The Morgan fingerprint density at radius 1 is 0.960 bits per heavy atom. The molecule has 3 saturated heterocycles. The predicted molar refractivity (Wildman–Crippen MR) is 95.0 cm³/mol. The SMILES string of the molecule is O=C(C1CCOCC1)N1CCC2(CCCN(C3CCCCC3)C2=O)C1. The molecule has 25 heavy (non-hydrogen) atoms. The lowest BCUT2D eigenvalue weighted by molar-refractivity contribution is -0.150. The maximum atomic E-state index is 13.4. The summed E-state index contributed by atoms with van der Waals surface area (Å²) in [5, 5.41) is 0. The Kier molecular flexibility index (Phi) is 5.03. The van der Waals surface area contributed by atoms with Gasteiger partial charge in [-0.2, -0.15) is 0 Å². The Hall–Kier alpha value is -1.10. The minimum absolute atomic E-state index is 0.108. The average molecular weight is 348 g/mol. The summed E-state index contributed by atoms with van der Waals surface area (Å²) in [5.74, 6) is 0.729. The first-order valence-corrected chi connectivity index (χ1v) is 10.4. The molecule has 0 N–H and O–H groups in total. The average Bonchev–Trinajstić information content (AvgIpc) is 3.10. The first kappa shape index (κ1) is 17.3. The molecule has 1 unspecified atom stereocenters. The molecule has 0 aromatic heterocycles. The number of carbonyl (C=O) groups is 2. The lowest BCUT2D eigenvalue weighted by atomic mass is 9.77. The zero-order valence-electron chi connectivity index (χ0n) is 15.4. The van der Waals surface area contributed by atoms with E-state index in [1.807, 2.05) is 4.90 Å². The number of hydrogen-bond acceptors (Lipinski definition) is 3. The molecule has 140 valence electrons. The van der Waals surface area contributed by atoms with E-state index in [-0.39, 0.29) is 17.2 Å². The van der Waals surface area contributed by atoms with E-state index in [1.165, 1.54) is 32.1 Å². The molecule has 1 aliphatic carbocycles. The summed E-state index contributed by atoms with van der Waals surface area (Å²) < 4.78 is 5.39. The number of piperidine rings is 1. The van der Waals surface area contributed by atoms with Crippen LogP contribution in [0.25, 0.3) is 0 Å². The van der Waals surface area contributed by atoms with E-state index in [0.29, 0.717) is 31.7 Å². The largest absolute Gasteiger partial charge is 0.381 e. The molecule has 3 heterocycles. The zero-order valence-corrected chi connectivity index (χ0v) is 15.4. The van der Waals surface area contributed by atoms with Gasteiger partial charge in [0.1, 0.15) is 0 Å². The molecule has 4 fully saturated rings. The monoisotopic (exact) mass is 348 g/mol. The van der Waals surface area contributed by atoms with E-state index in [9.17, 15) is 9.59 Å². The summed E-state index contributed by atoms with van der Waals surface area (Å²) in [5.41, 5.74) is -0.281. The van der Waals surface area contributed by atoms with Crippen molar-refractivity contribution in [3.05, 3.63) is 0 Å². The second-order valence-electron chi connectivity index (χ2n) is 8.57. The number of hydrogen-bond donors (Lipinski definition) is 0. The minimum atomic E-state index is -0.281. The van der Waals surface area contributed by atoms with Gasteiger partial charge >= 0.3 is 0 Å². The van der Waals surface area contributed by atoms with Crippen molar-refractivity contribution in [3.8, 4) is 0 Å². The fourth-order valence-electron chi connectivity index (χ4n) is 5.48. The lowest BCUT2D eigenvalue weighted by Crippen LogP contribution is -2.54. The van der Waals surface area contributed by atoms with E-state index >= 15 is 0 Å². The Morgan fingerprint density at radius 2 is 1.72 bits per heavy atom. The van der Waals surface area contributed by atoms with Crippen molar-refractivity contribution < 1.29 is 14.3 Å². The number of likely N-dealkylation sites (tertiary alicyclic amines) is 2. The van der Waals surface area contributed by atoms with Gasteiger partial charge in [-0.1, -0.05) is 19.3 Å². The van der Waals surface area contributed by atoms with Crippen LogP contribution in [0.3, 0.4) is 0 Å². The summed E-state index contributed by atoms with van der Waals surface area (Å²) in [6.45, 7) is 3.75. The Labute approximate surface area is 151 Å². The molecule has 0 aromatic carbocycles. The number of amides is 2. The maximum Gasteiger partial charge on any atom is 0.230 e. The van der Waals surface area contributed by atoms with Crippen molar-refractivity contribution in [1.82, 2.24) is 9.80 Å². The summed E-state index contributed by atoms with van der Waals surface area (Å²) in [6.07, 6.45) is 10.8. The molecular weight excluding hydrogens is 316 g/mol. The maximum absolute atomic E-state index is 13.4. The van der Waals surface area contributed by atoms with Gasteiger partial charge in [0, 0.05) is 44.8 Å². The highest BCUT2D eigenvalue weighted by atomic mass is 16.5. The quantitative estimate of drug-likeness (QED) is 0.771. The van der Waals surface area contributed by atoms with Gasteiger partial charge in [0.2, 0.25) is 11.8 Å². The second-order valence-corrected chi connectivity index (χ2v) is 8.57. The zero-order chi connectivity index (χ0) is 17.3. The smallest absolute Gasteiger partial charge is 0.230 e. The van der Waals surface area contributed by atoms with Gasteiger partial charge in [0.25, 0.3) is 0 Å². The van der Waals surface area contributed by atoms with Gasteiger partial charge in [-0.05, 0) is 44.9 Å². The van der Waals surface area contributed by atoms with Crippen molar-refractivity contribution in [2.75, 3.05) is 32.8 Å². The Bertz CT molecular complexity index is 511. The van der Waals surface area contributed by atoms with E-state index in [4.69, 9.17) is 4.74 Å². The second kappa shape index (κ2) is 7.26. The molecule has 1 saturated carbocycles. The number of carbonyl (C=O) groups excluding carboxylic acids is 2. The Morgan fingerprint density at radius 3 is 2.48 bits per heavy atom. The van der Waals surface area contributed by atoms with Gasteiger partial charge in [0.15, 0.2) is 0 Å². The Balaban J connectivity index is 1.42. The summed E-state index contributed by atoms with van der Waals surface area (Å²) >= 11 is 0.